The number of hydrogen-bond acceptors (Lipinski definition) is 7. The van der Waals surface area contributed by atoms with Crippen molar-refractivity contribution >= 4 is 12.0 Å². The molecule has 0 aliphatic rings. The molecular formula is C13H15N5O3. The van der Waals surface area contributed by atoms with E-state index < -0.39 is 5.69 Å². The van der Waals surface area contributed by atoms with Crippen LogP contribution in [0.2, 0.25) is 0 Å². The van der Waals surface area contributed by atoms with Gasteiger partial charge in [0.15, 0.2) is 5.82 Å². The molecule has 1 aromatic heterocycles. The average Bonchev–Trinajstić information content (AvgIpc) is 2.50. The van der Waals surface area contributed by atoms with E-state index in [0.29, 0.717) is 17.2 Å². The van der Waals surface area contributed by atoms with E-state index in [0.717, 1.165) is 5.56 Å². The zero-order valence-corrected chi connectivity index (χ0v) is 11.9. The average molecular weight is 289 g/mol. The molecule has 1 heterocycles. The number of H-pyrrole nitrogens is 1. The Bertz CT molecular complexity index is 711. The zero-order chi connectivity index (χ0) is 15.2. The van der Waals surface area contributed by atoms with E-state index in [1.807, 2.05) is 0 Å². The number of hydrogen-bond donors (Lipinski definition) is 2. The topological polar surface area (TPSA) is 101 Å². The van der Waals surface area contributed by atoms with Crippen molar-refractivity contribution in [3.8, 4) is 11.5 Å². The van der Waals surface area contributed by atoms with Crippen molar-refractivity contribution in [2.45, 2.75) is 6.92 Å². The molecule has 0 unspecified atom stereocenters. The standard InChI is InChI=1S/C13H15N5O3/c1-8-12(15-13(19)18-16-8)17-14-7-9-6-10(20-2)4-5-11(9)21-3/h4-7H,1-3H3,(H2,15,17,18,19)/b14-7+. The summed E-state index contributed by atoms with van der Waals surface area (Å²) in [4.78, 5) is 14.8. The van der Waals surface area contributed by atoms with Gasteiger partial charge in [-0.25, -0.2) is 9.89 Å². The SMILES string of the molecule is COc1ccc(OC)c(/C=N/Nc2nc(=O)[nH]nc2C)c1. The highest BCUT2D eigenvalue weighted by molar-refractivity contribution is 5.84. The molecule has 0 radical (unpaired) electrons. The molecule has 0 aliphatic carbocycles. The van der Waals surface area contributed by atoms with Crippen LogP contribution in [0.3, 0.4) is 0 Å². The van der Waals surface area contributed by atoms with Crippen molar-refractivity contribution in [2.24, 2.45) is 5.10 Å². The van der Waals surface area contributed by atoms with E-state index >= 15 is 0 Å². The fourth-order valence-electron chi connectivity index (χ4n) is 1.60. The van der Waals surface area contributed by atoms with Crippen LogP contribution in [-0.4, -0.2) is 35.6 Å². The van der Waals surface area contributed by atoms with Crippen LogP contribution in [0.5, 0.6) is 11.5 Å². The smallest absolute Gasteiger partial charge is 0.363 e. The van der Waals surface area contributed by atoms with Gasteiger partial charge in [-0.15, -0.1) is 0 Å². The molecule has 0 saturated carbocycles. The van der Waals surface area contributed by atoms with Crippen molar-refractivity contribution in [3.05, 3.63) is 39.9 Å². The minimum absolute atomic E-state index is 0.289. The third kappa shape index (κ3) is 3.56. The molecule has 2 rings (SSSR count). The summed E-state index contributed by atoms with van der Waals surface area (Å²) < 4.78 is 10.4. The molecule has 8 heteroatoms. The van der Waals surface area contributed by atoms with Crippen LogP contribution in [0.1, 0.15) is 11.3 Å². The summed E-state index contributed by atoms with van der Waals surface area (Å²) in [5, 5.41) is 10.1. The van der Waals surface area contributed by atoms with E-state index in [1.165, 1.54) is 0 Å². The monoisotopic (exact) mass is 289 g/mol. The van der Waals surface area contributed by atoms with Crippen LogP contribution >= 0.6 is 0 Å². The largest absolute Gasteiger partial charge is 0.497 e. The van der Waals surface area contributed by atoms with Crippen LogP contribution in [0.4, 0.5) is 5.82 Å². The molecule has 21 heavy (non-hydrogen) atoms. The maximum atomic E-state index is 11.1. The predicted octanol–water partition coefficient (Wildman–Crippen LogP) is 0.937. The van der Waals surface area contributed by atoms with E-state index in [-0.39, 0.29) is 5.82 Å². The number of aryl methyl sites for hydroxylation is 1. The summed E-state index contributed by atoms with van der Waals surface area (Å²) in [5.41, 5.74) is 3.38. The maximum Gasteiger partial charge on any atom is 0.363 e. The van der Waals surface area contributed by atoms with Crippen LogP contribution in [0.15, 0.2) is 28.1 Å². The molecule has 2 aromatic rings. The molecule has 0 atom stereocenters. The number of methoxy groups -OCH3 is 2. The summed E-state index contributed by atoms with van der Waals surface area (Å²) in [6.45, 7) is 1.70. The normalized spacial score (nSPS) is 10.6. The Hall–Kier alpha value is -2.90. The Morgan fingerprint density at radius 1 is 1.33 bits per heavy atom. The Kier molecular flexibility index (Phi) is 4.50. The highest BCUT2D eigenvalue weighted by Gasteiger charge is 2.03. The minimum atomic E-state index is -0.544. The van der Waals surface area contributed by atoms with Gasteiger partial charge < -0.3 is 9.47 Å². The molecule has 0 bridgehead atoms. The van der Waals surface area contributed by atoms with Crippen LogP contribution in [-0.2, 0) is 0 Å². The first kappa shape index (κ1) is 14.5. The van der Waals surface area contributed by atoms with Gasteiger partial charge >= 0.3 is 5.69 Å². The lowest BCUT2D eigenvalue weighted by molar-refractivity contribution is 0.402. The first-order valence-corrected chi connectivity index (χ1v) is 6.08. The van der Waals surface area contributed by atoms with Gasteiger partial charge in [0.1, 0.15) is 17.2 Å². The lowest BCUT2D eigenvalue weighted by Gasteiger charge is -2.07. The molecule has 0 amide bonds. The van der Waals surface area contributed by atoms with Crippen molar-refractivity contribution in [1.29, 1.82) is 0 Å². The Morgan fingerprint density at radius 2 is 2.14 bits per heavy atom. The van der Waals surface area contributed by atoms with E-state index in [2.05, 4.69) is 25.7 Å². The van der Waals surface area contributed by atoms with Gasteiger partial charge in [0, 0.05) is 5.56 Å². The second-order valence-corrected chi connectivity index (χ2v) is 4.05. The number of nitrogens with one attached hydrogen (secondary N) is 2. The van der Waals surface area contributed by atoms with Crippen LogP contribution in [0, 0.1) is 6.92 Å². The summed E-state index contributed by atoms with van der Waals surface area (Å²) >= 11 is 0. The molecule has 8 nitrogen and oxygen atoms in total. The number of ether oxygens (including phenoxy) is 2. The van der Waals surface area contributed by atoms with Crippen molar-refractivity contribution in [2.75, 3.05) is 19.6 Å². The van der Waals surface area contributed by atoms with E-state index in [4.69, 9.17) is 9.47 Å². The van der Waals surface area contributed by atoms with Gasteiger partial charge in [-0.1, -0.05) is 0 Å². The molecule has 2 N–H and O–H groups in total. The fourth-order valence-corrected chi connectivity index (χ4v) is 1.60. The molecule has 0 spiro atoms. The van der Waals surface area contributed by atoms with Crippen LogP contribution in [0.25, 0.3) is 0 Å². The maximum absolute atomic E-state index is 11.1. The van der Waals surface area contributed by atoms with Gasteiger partial charge in [-0.05, 0) is 25.1 Å². The summed E-state index contributed by atoms with van der Waals surface area (Å²) in [7, 11) is 3.15. The quantitative estimate of drug-likeness (QED) is 0.627. The first-order valence-electron chi connectivity index (χ1n) is 6.08. The highest BCUT2D eigenvalue weighted by Crippen LogP contribution is 2.22. The Morgan fingerprint density at radius 3 is 2.86 bits per heavy atom. The number of benzene rings is 1. The third-order valence-corrected chi connectivity index (χ3v) is 2.69. The number of nitrogens with zero attached hydrogens (tertiary/aromatic N) is 3. The summed E-state index contributed by atoms with van der Waals surface area (Å²) in [6.07, 6.45) is 1.55. The molecule has 1 aromatic carbocycles. The van der Waals surface area contributed by atoms with Crippen molar-refractivity contribution in [3.63, 3.8) is 0 Å². The number of aromatic nitrogens is 3. The zero-order valence-electron chi connectivity index (χ0n) is 11.9. The number of aromatic amines is 1. The van der Waals surface area contributed by atoms with Crippen LogP contribution < -0.4 is 20.6 Å². The Labute approximate surface area is 120 Å². The van der Waals surface area contributed by atoms with Gasteiger partial charge in [0.05, 0.1) is 20.4 Å². The minimum Gasteiger partial charge on any atom is -0.497 e. The lowest BCUT2D eigenvalue weighted by atomic mass is 10.2. The number of hydrazone groups is 1. The van der Waals surface area contributed by atoms with Crippen molar-refractivity contribution in [1.82, 2.24) is 15.2 Å². The highest BCUT2D eigenvalue weighted by atomic mass is 16.5. The molecule has 0 aliphatic heterocycles. The molecule has 0 saturated heterocycles. The van der Waals surface area contributed by atoms with Gasteiger partial charge in [0.2, 0.25) is 0 Å². The van der Waals surface area contributed by atoms with Crippen molar-refractivity contribution < 1.29 is 9.47 Å². The third-order valence-electron chi connectivity index (χ3n) is 2.69. The van der Waals surface area contributed by atoms with Gasteiger partial charge in [-0.3, -0.25) is 5.43 Å². The summed E-state index contributed by atoms with van der Waals surface area (Å²) in [5.74, 6) is 1.62. The second-order valence-electron chi connectivity index (χ2n) is 4.05. The van der Waals surface area contributed by atoms with Gasteiger partial charge in [-0.2, -0.15) is 15.2 Å². The molecular weight excluding hydrogens is 274 g/mol. The number of rotatable bonds is 5. The first-order chi connectivity index (χ1) is 10.1. The fraction of sp³-hybridized carbons (Fsp3) is 0.231. The lowest BCUT2D eigenvalue weighted by Crippen LogP contribution is -2.15. The molecule has 110 valence electrons. The Balaban J connectivity index is 2.21. The van der Waals surface area contributed by atoms with E-state index in [9.17, 15) is 4.79 Å². The second kappa shape index (κ2) is 6.51. The predicted molar refractivity (Wildman–Crippen MR) is 78.2 cm³/mol. The van der Waals surface area contributed by atoms with Gasteiger partial charge in [0.25, 0.3) is 0 Å². The van der Waals surface area contributed by atoms with E-state index in [1.54, 1.807) is 45.6 Å². The molecule has 0 fully saturated rings. The number of anilines is 1. The summed E-state index contributed by atoms with van der Waals surface area (Å²) in [6, 6.07) is 5.34.